The van der Waals surface area contributed by atoms with E-state index in [9.17, 15) is 0 Å². The Hall–Kier alpha value is -1.77. The van der Waals surface area contributed by atoms with Gasteiger partial charge in [0, 0.05) is 5.56 Å². The van der Waals surface area contributed by atoms with Crippen molar-refractivity contribution in [2.75, 3.05) is 5.73 Å². The first-order valence-corrected chi connectivity index (χ1v) is 5.52. The van der Waals surface area contributed by atoms with Crippen LogP contribution in [0.15, 0.2) is 34.9 Å². The number of benzene rings is 1. The number of aromatic nitrogens is 1. The summed E-state index contributed by atoms with van der Waals surface area (Å²) in [7, 11) is 0. The molecule has 0 aliphatic heterocycles. The van der Waals surface area contributed by atoms with Crippen molar-refractivity contribution >= 4 is 6.01 Å². The highest BCUT2D eigenvalue weighted by molar-refractivity contribution is 5.59. The fourth-order valence-corrected chi connectivity index (χ4v) is 1.64. The average Bonchev–Trinajstić information content (AvgIpc) is 2.75. The maximum absolute atomic E-state index is 5.44. The average molecular weight is 216 g/mol. The van der Waals surface area contributed by atoms with Crippen LogP contribution in [-0.2, 0) is 0 Å². The maximum Gasteiger partial charge on any atom is 0.292 e. The van der Waals surface area contributed by atoms with Crippen molar-refractivity contribution in [2.24, 2.45) is 0 Å². The van der Waals surface area contributed by atoms with Gasteiger partial charge in [0.25, 0.3) is 6.01 Å². The molecule has 0 saturated heterocycles. The Morgan fingerprint density at radius 1 is 1.31 bits per heavy atom. The van der Waals surface area contributed by atoms with Crippen LogP contribution in [-0.4, -0.2) is 4.98 Å². The highest BCUT2D eigenvalue weighted by atomic mass is 16.4. The van der Waals surface area contributed by atoms with Gasteiger partial charge in [-0.15, -0.1) is 0 Å². The molecule has 1 unspecified atom stereocenters. The Labute approximate surface area is 95.3 Å². The van der Waals surface area contributed by atoms with Crippen LogP contribution in [0.2, 0.25) is 0 Å². The summed E-state index contributed by atoms with van der Waals surface area (Å²) in [6, 6.07) is 8.58. The van der Waals surface area contributed by atoms with Crippen molar-refractivity contribution in [3.63, 3.8) is 0 Å². The molecule has 0 radical (unpaired) electrons. The highest BCUT2D eigenvalue weighted by Crippen LogP contribution is 2.24. The van der Waals surface area contributed by atoms with E-state index in [4.69, 9.17) is 10.2 Å². The fraction of sp³-hybridized carbons (Fsp3) is 0.308. The van der Waals surface area contributed by atoms with E-state index < -0.39 is 0 Å². The van der Waals surface area contributed by atoms with Crippen LogP contribution in [0, 0.1) is 0 Å². The first kappa shape index (κ1) is 10.7. The largest absolute Gasteiger partial charge is 0.432 e. The molecule has 0 aliphatic carbocycles. The van der Waals surface area contributed by atoms with Gasteiger partial charge in [0.05, 0.1) is 0 Å². The monoisotopic (exact) mass is 216 g/mol. The predicted octanol–water partition coefficient (Wildman–Crippen LogP) is 3.44. The van der Waals surface area contributed by atoms with Crippen LogP contribution in [0.1, 0.15) is 31.7 Å². The first-order chi connectivity index (χ1) is 7.70. The summed E-state index contributed by atoms with van der Waals surface area (Å²) in [5.74, 6) is 0.594. The van der Waals surface area contributed by atoms with Gasteiger partial charge < -0.3 is 10.2 Å². The minimum absolute atomic E-state index is 0.209. The molecule has 0 fully saturated rings. The lowest BCUT2D eigenvalue weighted by Gasteiger charge is -2.08. The van der Waals surface area contributed by atoms with E-state index in [-0.39, 0.29) is 6.01 Å². The zero-order chi connectivity index (χ0) is 11.5. The highest BCUT2D eigenvalue weighted by Gasteiger charge is 2.06. The van der Waals surface area contributed by atoms with Crippen molar-refractivity contribution in [1.29, 1.82) is 0 Å². The van der Waals surface area contributed by atoms with Crippen LogP contribution in [0.5, 0.6) is 0 Å². The number of oxazole rings is 1. The second-order valence-corrected chi connectivity index (χ2v) is 4.00. The molecule has 0 aliphatic rings. The molecule has 0 amide bonds. The van der Waals surface area contributed by atoms with Gasteiger partial charge >= 0.3 is 0 Å². The van der Waals surface area contributed by atoms with Crippen molar-refractivity contribution in [3.05, 3.63) is 36.1 Å². The number of rotatable bonds is 3. The second kappa shape index (κ2) is 4.39. The van der Waals surface area contributed by atoms with Crippen molar-refractivity contribution < 1.29 is 4.42 Å². The molecule has 1 atom stereocenters. The molecular formula is C13H16N2O. The Morgan fingerprint density at radius 3 is 2.50 bits per heavy atom. The molecule has 2 aromatic rings. The zero-order valence-electron chi connectivity index (χ0n) is 9.60. The van der Waals surface area contributed by atoms with Crippen LogP contribution < -0.4 is 5.73 Å². The summed E-state index contributed by atoms with van der Waals surface area (Å²) >= 11 is 0. The summed E-state index contributed by atoms with van der Waals surface area (Å²) in [5, 5.41) is 0. The van der Waals surface area contributed by atoms with Crippen LogP contribution in [0.25, 0.3) is 11.3 Å². The lowest BCUT2D eigenvalue weighted by molar-refractivity contribution is 0.581. The SMILES string of the molecule is CCC(C)c1ccc(-c2coc(N)n2)cc1. The number of nitrogen functional groups attached to an aromatic ring is 1. The Bertz CT molecular complexity index is 459. The minimum Gasteiger partial charge on any atom is -0.432 e. The summed E-state index contributed by atoms with van der Waals surface area (Å²) < 4.78 is 4.98. The van der Waals surface area contributed by atoms with E-state index in [0.29, 0.717) is 5.92 Å². The van der Waals surface area contributed by atoms with E-state index >= 15 is 0 Å². The van der Waals surface area contributed by atoms with E-state index in [1.165, 1.54) is 5.56 Å². The second-order valence-electron chi connectivity index (χ2n) is 4.00. The summed E-state index contributed by atoms with van der Waals surface area (Å²) in [6.45, 7) is 4.42. The topological polar surface area (TPSA) is 52.0 Å². The number of nitrogens with two attached hydrogens (primary N) is 1. The van der Waals surface area contributed by atoms with Crippen LogP contribution >= 0.6 is 0 Å². The van der Waals surface area contributed by atoms with E-state index in [0.717, 1.165) is 17.7 Å². The third-order valence-corrected chi connectivity index (χ3v) is 2.91. The third-order valence-electron chi connectivity index (χ3n) is 2.91. The van der Waals surface area contributed by atoms with E-state index in [2.05, 4.69) is 43.1 Å². The summed E-state index contributed by atoms with van der Waals surface area (Å²) in [5.41, 5.74) is 8.61. The van der Waals surface area contributed by atoms with E-state index in [1.54, 1.807) is 6.26 Å². The molecule has 1 aromatic carbocycles. The van der Waals surface area contributed by atoms with Gasteiger partial charge in [-0.1, -0.05) is 38.1 Å². The van der Waals surface area contributed by atoms with Crippen molar-refractivity contribution in [2.45, 2.75) is 26.2 Å². The van der Waals surface area contributed by atoms with Gasteiger partial charge in [0.2, 0.25) is 0 Å². The smallest absolute Gasteiger partial charge is 0.292 e. The van der Waals surface area contributed by atoms with Gasteiger partial charge in [-0.3, -0.25) is 0 Å². The van der Waals surface area contributed by atoms with Gasteiger partial charge in [-0.2, -0.15) is 4.98 Å². The molecular weight excluding hydrogens is 200 g/mol. The normalized spacial score (nSPS) is 12.6. The minimum atomic E-state index is 0.209. The molecule has 0 bridgehead atoms. The molecule has 3 nitrogen and oxygen atoms in total. The summed E-state index contributed by atoms with van der Waals surface area (Å²) in [4.78, 5) is 4.09. The van der Waals surface area contributed by atoms with Gasteiger partial charge in [-0.05, 0) is 17.9 Å². The molecule has 2 N–H and O–H groups in total. The van der Waals surface area contributed by atoms with E-state index in [1.807, 2.05) is 0 Å². The van der Waals surface area contributed by atoms with Gasteiger partial charge in [0.15, 0.2) is 0 Å². The Kier molecular flexibility index (Phi) is 2.95. The maximum atomic E-state index is 5.44. The standard InChI is InChI=1S/C13H16N2O/c1-3-9(2)10-4-6-11(7-5-10)12-8-16-13(14)15-12/h4-9H,3H2,1-2H3,(H2,14,15). The molecule has 1 heterocycles. The molecule has 0 saturated carbocycles. The fourth-order valence-electron chi connectivity index (χ4n) is 1.64. The quantitative estimate of drug-likeness (QED) is 0.855. The number of anilines is 1. The summed E-state index contributed by atoms with van der Waals surface area (Å²) in [6.07, 6.45) is 2.73. The molecule has 1 aromatic heterocycles. The molecule has 2 rings (SSSR count). The lowest BCUT2D eigenvalue weighted by Crippen LogP contribution is -1.90. The predicted molar refractivity (Wildman–Crippen MR) is 65.1 cm³/mol. The Balaban J connectivity index is 2.25. The van der Waals surface area contributed by atoms with Crippen LogP contribution in [0.4, 0.5) is 6.01 Å². The number of hydrogen-bond donors (Lipinski definition) is 1. The third kappa shape index (κ3) is 2.08. The molecule has 3 heteroatoms. The van der Waals surface area contributed by atoms with Crippen molar-refractivity contribution in [1.82, 2.24) is 4.98 Å². The molecule has 16 heavy (non-hydrogen) atoms. The van der Waals surface area contributed by atoms with Crippen molar-refractivity contribution in [3.8, 4) is 11.3 Å². The lowest BCUT2D eigenvalue weighted by atomic mass is 9.97. The van der Waals surface area contributed by atoms with Crippen LogP contribution in [0.3, 0.4) is 0 Å². The van der Waals surface area contributed by atoms with Gasteiger partial charge in [-0.25, -0.2) is 0 Å². The number of hydrogen-bond acceptors (Lipinski definition) is 3. The molecule has 84 valence electrons. The number of nitrogens with zero attached hydrogens (tertiary/aromatic N) is 1. The zero-order valence-corrected chi connectivity index (χ0v) is 9.60. The van der Waals surface area contributed by atoms with Gasteiger partial charge in [0.1, 0.15) is 12.0 Å². The first-order valence-electron chi connectivity index (χ1n) is 5.52. The molecule has 0 spiro atoms. The Morgan fingerprint density at radius 2 is 2.00 bits per heavy atom.